The largest absolute Gasteiger partial charge is 0.481 e. The molecule has 0 fully saturated rings. The lowest BCUT2D eigenvalue weighted by atomic mass is 9.63. The van der Waals surface area contributed by atoms with Gasteiger partial charge in [-0.25, -0.2) is 9.18 Å². The molecule has 2 aromatic rings. The molecule has 2 heterocycles. The fourth-order valence-corrected chi connectivity index (χ4v) is 4.32. The second-order valence-corrected chi connectivity index (χ2v) is 9.99. The Morgan fingerprint density at radius 1 is 1.06 bits per heavy atom. The number of halogens is 1. The van der Waals surface area contributed by atoms with Crippen molar-refractivity contribution >= 4 is 17.7 Å². The molecule has 1 aliphatic heterocycles. The number of nitrogens with zero attached hydrogens (tertiary/aromatic N) is 1. The smallest absolute Gasteiger partial charge is 0.340 e. The first kappa shape index (κ1) is 22.7. The fraction of sp³-hybridized carbons (Fsp3) is 0.458. The Labute approximate surface area is 181 Å². The summed E-state index contributed by atoms with van der Waals surface area (Å²) in [6.45, 7) is 10.9. The molecular weight excluding hydrogens is 401 g/mol. The third-order valence-electron chi connectivity index (χ3n) is 5.81. The summed E-state index contributed by atoms with van der Waals surface area (Å²) in [4.78, 5) is 38.9. The molecule has 1 unspecified atom stereocenters. The van der Waals surface area contributed by atoms with Gasteiger partial charge in [0.15, 0.2) is 0 Å². The highest BCUT2D eigenvalue weighted by Crippen LogP contribution is 2.51. The van der Waals surface area contributed by atoms with Gasteiger partial charge in [0.1, 0.15) is 16.8 Å². The number of benzene rings is 1. The van der Waals surface area contributed by atoms with E-state index in [4.69, 9.17) is 4.74 Å². The number of carbonyl (C=O) groups is 3. The van der Waals surface area contributed by atoms with Gasteiger partial charge in [-0.1, -0.05) is 20.8 Å². The van der Waals surface area contributed by atoms with E-state index in [0.29, 0.717) is 0 Å². The molecule has 3 rings (SSSR count). The summed E-state index contributed by atoms with van der Waals surface area (Å²) < 4.78 is 20.5. The average molecular weight is 429 g/mol. The van der Waals surface area contributed by atoms with Crippen LogP contribution in [0.2, 0.25) is 0 Å². The van der Waals surface area contributed by atoms with Crippen LogP contribution < -0.4 is 0 Å². The summed E-state index contributed by atoms with van der Waals surface area (Å²) in [5.41, 5.74) is -2.10. The predicted octanol–water partition coefficient (Wildman–Crippen LogP) is 4.59. The minimum absolute atomic E-state index is 0.0789. The van der Waals surface area contributed by atoms with Crippen molar-refractivity contribution in [2.24, 2.45) is 5.41 Å². The Morgan fingerprint density at radius 2 is 1.65 bits per heavy atom. The third kappa shape index (κ3) is 3.77. The third-order valence-corrected chi connectivity index (χ3v) is 5.81. The number of carboxylic acid groups (broad SMARTS) is 1. The van der Waals surface area contributed by atoms with Crippen molar-refractivity contribution in [2.75, 3.05) is 0 Å². The monoisotopic (exact) mass is 429 g/mol. The molecule has 0 amide bonds. The normalized spacial score (nSPS) is 18.5. The minimum atomic E-state index is -1.37. The molecule has 1 aliphatic rings. The molecule has 1 N–H and O–H groups in total. The Bertz CT molecular complexity index is 1050. The zero-order valence-corrected chi connectivity index (χ0v) is 18.7. The Morgan fingerprint density at radius 3 is 2.13 bits per heavy atom. The van der Waals surface area contributed by atoms with Gasteiger partial charge in [0.25, 0.3) is 0 Å². The fourth-order valence-electron chi connectivity index (χ4n) is 4.32. The average Bonchev–Trinajstić information content (AvgIpc) is 3.18. The molecule has 31 heavy (non-hydrogen) atoms. The lowest BCUT2D eigenvalue weighted by Gasteiger charge is -2.38. The van der Waals surface area contributed by atoms with E-state index in [1.54, 1.807) is 25.3 Å². The van der Waals surface area contributed by atoms with Crippen LogP contribution >= 0.6 is 0 Å². The van der Waals surface area contributed by atoms with Crippen molar-refractivity contribution in [3.63, 3.8) is 0 Å². The van der Waals surface area contributed by atoms with Gasteiger partial charge >= 0.3 is 11.9 Å². The number of rotatable bonds is 4. The maximum Gasteiger partial charge on any atom is 0.340 e. The second kappa shape index (κ2) is 7.32. The Kier molecular flexibility index (Phi) is 5.37. The van der Waals surface area contributed by atoms with Crippen LogP contribution in [-0.4, -0.2) is 33.0 Å². The van der Waals surface area contributed by atoms with E-state index >= 15 is 0 Å². The van der Waals surface area contributed by atoms with Crippen LogP contribution in [0.3, 0.4) is 0 Å². The molecule has 0 spiro atoms. The van der Waals surface area contributed by atoms with Crippen molar-refractivity contribution in [1.82, 2.24) is 4.57 Å². The molecule has 0 saturated carbocycles. The van der Waals surface area contributed by atoms with Crippen molar-refractivity contribution in [3.05, 3.63) is 58.7 Å². The molecule has 6 nitrogen and oxygen atoms in total. The van der Waals surface area contributed by atoms with Crippen LogP contribution in [0.1, 0.15) is 80.1 Å². The number of esters is 1. The number of fused-ring (bicyclic) bond motifs is 1. The highest BCUT2D eigenvalue weighted by molar-refractivity contribution is 6.10. The SMILES string of the molecule is CC(C)(C)OC(=O)c1cc(C(=O)c2ccc(F)cc2)n2c1C(C(=O)O)(C(C)(C)C)CC2. The quantitative estimate of drug-likeness (QED) is 0.568. The summed E-state index contributed by atoms with van der Waals surface area (Å²) in [7, 11) is 0. The van der Waals surface area contributed by atoms with Gasteiger partial charge in [0, 0.05) is 12.1 Å². The molecule has 1 aromatic carbocycles. The maximum atomic E-state index is 13.3. The van der Waals surface area contributed by atoms with Gasteiger partial charge in [-0.2, -0.15) is 0 Å². The minimum Gasteiger partial charge on any atom is -0.481 e. The van der Waals surface area contributed by atoms with Crippen LogP contribution in [0.15, 0.2) is 30.3 Å². The summed E-state index contributed by atoms with van der Waals surface area (Å²) in [5.74, 6) is -2.61. The number of carboxylic acids is 1. The van der Waals surface area contributed by atoms with Crippen molar-refractivity contribution in [2.45, 2.75) is 65.5 Å². The molecule has 166 valence electrons. The number of ether oxygens (including phenoxy) is 1. The standard InChI is InChI=1S/C24H28FNO5/c1-22(2,3)24(21(29)30)11-12-26-17(18(27)14-7-9-15(25)10-8-14)13-16(19(24)26)20(28)31-23(4,5)6/h7-10,13H,11-12H2,1-6H3,(H,29,30). The number of aliphatic carboxylic acids is 1. The molecule has 0 aliphatic carbocycles. The Hall–Kier alpha value is -2.96. The van der Waals surface area contributed by atoms with E-state index in [-0.39, 0.29) is 35.5 Å². The first-order valence-electron chi connectivity index (χ1n) is 10.2. The lowest BCUT2D eigenvalue weighted by Crippen LogP contribution is -2.46. The van der Waals surface area contributed by atoms with Crippen LogP contribution in [0.25, 0.3) is 0 Å². The molecule has 7 heteroatoms. The molecule has 0 saturated heterocycles. The van der Waals surface area contributed by atoms with E-state index in [0.717, 1.165) is 0 Å². The number of ketones is 1. The topological polar surface area (TPSA) is 85.6 Å². The van der Waals surface area contributed by atoms with Crippen LogP contribution in [0.5, 0.6) is 0 Å². The van der Waals surface area contributed by atoms with Gasteiger partial charge in [-0.3, -0.25) is 9.59 Å². The Balaban J connectivity index is 2.26. The van der Waals surface area contributed by atoms with E-state index < -0.39 is 40.0 Å². The summed E-state index contributed by atoms with van der Waals surface area (Å²) in [6.07, 6.45) is 0.238. The van der Waals surface area contributed by atoms with Crippen LogP contribution in [0, 0.1) is 11.2 Å². The lowest BCUT2D eigenvalue weighted by molar-refractivity contribution is -0.148. The first-order chi connectivity index (χ1) is 14.2. The zero-order valence-electron chi connectivity index (χ0n) is 18.7. The number of hydrogen-bond donors (Lipinski definition) is 1. The highest BCUT2D eigenvalue weighted by atomic mass is 19.1. The summed E-state index contributed by atoms with van der Waals surface area (Å²) in [5, 5.41) is 10.3. The van der Waals surface area contributed by atoms with Gasteiger partial charge in [-0.05, 0) is 62.9 Å². The van der Waals surface area contributed by atoms with Gasteiger partial charge < -0.3 is 14.4 Å². The van der Waals surface area contributed by atoms with E-state index in [1.807, 2.05) is 20.8 Å². The van der Waals surface area contributed by atoms with Gasteiger partial charge in [0.2, 0.25) is 5.78 Å². The number of hydrogen-bond acceptors (Lipinski definition) is 4. The number of carbonyl (C=O) groups excluding carboxylic acids is 2. The summed E-state index contributed by atoms with van der Waals surface area (Å²) >= 11 is 0. The molecule has 1 atom stereocenters. The first-order valence-corrected chi connectivity index (χ1v) is 10.2. The highest BCUT2D eigenvalue weighted by Gasteiger charge is 2.57. The van der Waals surface area contributed by atoms with E-state index in [2.05, 4.69) is 0 Å². The summed E-state index contributed by atoms with van der Waals surface area (Å²) in [6, 6.07) is 6.53. The van der Waals surface area contributed by atoms with E-state index in [1.165, 1.54) is 30.3 Å². The van der Waals surface area contributed by atoms with Crippen LogP contribution in [0.4, 0.5) is 4.39 Å². The maximum absolute atomic E-state index is 13.3. The van der Waals surface area contributed by atoms with Crippen molar-refractivity contribution in [3.8, 4) is 0 Å². The van der Waals surface area contributed by atoms with Crippen molar-refractivity contribution < 1.29 is 28.6 Å². The van der Waals surface area contributed by atoms with Gasteiger partial charge in [0.05, 0.1) is 17.0 Å². The molecule has 1 aromatic heterocycles. The van der Waals surface area contributed by atoms with Crippen LogP contribution in [-0.2, 0) is 21.5 Å². The molecule has 0 bridgehead atoms. The van der Waals surface area contributed by atoms with E-state index in [9.17, 15) is 23.9 Å². The number of aromatic nitrogens is 1. The van der Waals surface area contributed by atoms with Crippen molar-refractivity contribution in [1.29, 1.82) is 0 Å². The predicted molar refractivity (Wildman–Crippen MR) is 113 cm³/mol. The molecule has 0 radical (unpaired) electrons. The zero-order chi connectivity index (χ0) is 23.4. The van der Waals surface area contributed by atoms with Gasteiger partial charge in [-0.15, -0.1) is 0 Å². The second-order valence-electron chi connectivity index (χ2n) is 9.99. The molecular formula is C24H28FNO5.